The topological polar surface area (TPSA) is 66.5 Å². The van der Waals surface area contributed by atoms with Gasteiger partial charge in [-0.1, -0.05) is 41.9 Å². The third-order valence-electron chi connectivity index (χ3n) is 4.38. The second-order valence-electron chi connectivity index (χ2n) is 6.74. The van der Waals surface area contributed by atoms with Crippen molar-refractivity contribution >= 4 is 33.2 Å². The summed E-state index contributed by atoms with van der Waals surface area (Å²) in [7, 11) is -4.08. The minimum Gasteiger partial charge on any atom is -0.325 e. The first-order valence-corrected chi connectivity index (χ1v) is 10.9. The number of nitrogens with one attached hydrogen (secondary N) is 1. The SMILES string of the molecule is Cc1cccc(NC(=O)CN(Cc2ccccc2F)S(=O)(=O)c2ccc(Cl)cc2)c1. The van der Waals surface area contributed by atoms with Crippen molar-refractivity contribution in [2.75, 3.05) is 11.9 Å². The van der Waals surface area contributed by atoms with Crippen molar-refractivity contribution in [3.05, 3.63) is 94.8 Å². The first kappa shape index (κ1) is 22.0. The molecule has 5 nitrogen and oxygen atoms in total. The van der Waals surface area contributed by atoms with Crippen LogP contribution in [0.2, 0.25) is 5.02 Å². The van der Waals surface area contributed by atoms with Gasteiger partial charge in [-0.2, -0.15) is 4.31 Å². The van der Waals surface area contributed by atoms with Crippen LogP contribution >= 0.6 is 11.6 Å². The lowest BCUT2D eigenvalue weighted by molar-refractivity contribution is -0.116. The van der Waals surface area contributed by atoms with E-state index in [0.717, 1.165) is 9.87 Å². The highest BCUT2D eigenvalue weighted by Crippen LogP contribution is 2.22. The average Bonchev–Trinajstić information content (AvgIpc) is 2.69. The molecule has 156 valence electrons. The Hall–Kier alpha value is -2.74. The van der Waals surface area contributed by atoms with Crippen molar-refractivity contribution < 1.29 is 17.6 Å². The zero-order valence-corrected chi connectivity index (χ0v) is 17.8. The van der Waals surface area contributed by atoms with E-state index < -0.39 is 28.3 Å². The van der Waals surface area contributed by atoms with E-state index in [4.69, 9.17) is 11.6 Å². The van der Waals surface area contributed by atoms with Gasteiger partial charge in [0.25, 0.3) is 0 Å². The van der Waals surface area contributed by atoms with Gasteiger partial charge in [0.2, 0.25) is 15.9 Å². The van der Waals surface area contributed by atoms with E-state index >= 15 is 0 Å². The summed E-state index contributed by atoms with van der Waals surface area (Å²) >= 11 is 5.86. The minimum atomic E-state index is -4.08. The Labute approximate surface area is 180 Å². The van der Waals surface area contributed by atoms with Gasteiger partial charge in [0, 0.05) is 22.8 Å². The standard InChI is InChI=1S/C22H20ClFN2O3S/c1-16-5-4-7-19(13-16)25-22(27)15-26(14-17-6-2-3-8-21(17)24)30(28,29)20-11-9-18(23)10-12-20/h2-13H,14-15H2,1H3,(H,25,27). The predicted octanol–water partition coefficient (Wildman–Crippen LogP) is 4.62. The van der Waals surface area contributed by atoms with Crippen LogP contribution in [0.3, 0.4) is 0 Å². The number of sulfonamides is 1. The molecular weight excluding hydrogens is 427 g/mol. The molecule has 0 unspecified atom stereocenters. The molecule has 0 radical (unpaired) electrons. The number of carbonyl (C=O) groups excluding carboxylic acids is 1. The molecule has 0 bridgehead atoms. The molecule has 0 saturated heterocycles. The molecule has 0 fully saturated rings. The first-order chi connectivity index (χ1) is 14.3. The summed E-state index contributed by atoms with van der Waals surface area (Å²) in [6, 6.07) is 18.6. The molecule has 0 aliphatic carbocycles. The van der Waals surface area contributed by atoms with Crippen LogP contribution in [-0.2, 0) is 21.4 Å². The summed E-state index contributed by atoms with van der Waals surface area (Å²) in [6.45, 7) is 1.11. The van der Waals surface area contributed by atoms with Crippen molar-refractivity contribution in [3.63, 3.8) is 0 Å². The molecular formula is C22H20ClFN2O3S. The minimum absolute atomic E-state index is 0.0356. The fraction of sp³-hybridized carbons (Fsp3) is 0.136. The zero-order chi connectivity index (χ0) is 21.7. The number of nitrogens with zero attached hydrogens (tertiary/aromatic N) is 1. The lowest BCUT2D eigenvalue weighted by Gasteiger charge is -2.22. The Balaban J connectivity index is 1.89. The number of anilines is 1. The van der Waals surface area contributed by atoms with Gasteiger partial charge in [-0.05, 0) is 55.0 Å². The van der Waals surface area contributed by atoms with E-state index in [9.17, 15) is 17.6 Å². The highest BCUT2D eigenvalue weighted by molar-refractivity contribution is 7.89. The van der Waals surface area contributed by atoms with Crippen LogP contribution in [0.1, 0.15) is 11.1 Å². The van der Waals surface area contributed by atoms with Gasteiger partial charge in [-0.15, -0.1) is 0 Å². The number of halogens is 2. The monoisotopic (exact) mass is 446 g/mol. The summed E-state index contributed by atoms with van der Waals surface area (Å²) in [4.78, 5) is 12.6. The third-order valence-corrected chi connectivity index (χ3v) is 6.44. The van der Waals surface area contributed by atoms with E-state index in [2.05, 4.69) is 5.32 Å². The summed E-state index contributed by atoms with van der Waals surface area (Å²) in [5.74, 6) is -1.08. The Kier molecular flexibility index (Phi) is 6.87. The van der Waals surface area contributed by atoms with Gasteiger partial charge >= 0.3 is 0 Å². The third kappa shape index (κ3) is 5.44. The molecule has 30 heavy (non-hydrogen) atoms. The van der Waals surface area contributed by atoms with Crippen LogP contribution in [0.5, 0.6) is 0 Å². The van der Waals surface area contributed by atoms with Crippen molar-refractivity contribution in [3.8, 4) is 0 Å². The molecule has 1 amide bonds. The highest BCUT2D eigenvalue weighted by atomic mass is 35.5. The number of rotatable bonds is 7. The number of carbonyl (C=O) groups is 1. The molecule has 0 atom stereocenters. The van der Waals surface area contributed by atoms with Gasteiger partial charge in [-0.25, -0.2) is 12.8 Å². The molecule has 0 spiro atoms. The number of aryl methyl sites for hydroxylation is 1. The predicted molar refractivity (Wildman–Crippen MR) is 115 cm³/mol. The lowest BCUT2D eigenvalue weighted by Crippen LogP contribution is -2.37. The van der Waals surface area contributed by atoms with Gasteiger partial charge < -0.3 is 5.32 Å². The fourth-order valence-corrected chi connectivity index (χ4v) is 4.38. The van der Waals surface area contributed by atoms with Crippen LogP contribution in [0.4, 0.5) is 10.1 Å². The van der Waals surface area contributed by atoms with Crippen LogP contribution in [0.25, 0.3) is 0 Å². The van der Waals surface area contributed by atoms with E-state index in [1.165, 1.54) is 42.5 Å². The van der Waals surface area contributed by atoms with Crippen LogP contribution in [0.15, 0.2) is 77.7 Å². The van der Waals surface area contributed by atoms with Gasteiger partial charge in [0.15, 0.2) is 0 Å². The molecule has 1 N–H and O–H groups in total. The lowest BCUT2D eigenvalue weighted by atomic mass is 10.2. The number of hydrogen-bond donors (Lipinski definition) is 1. The van der Waals surface area contributed by atoms with Gasteiger partial charge in [-0.3, -0.25) is 4.79 Å². The van der Waals surface area contributed by atoms with E-state index in [0.29, 0.717) is 10.7 Å². The molecule has 3 rings (SSSR count). The fourth-order valence-electron chi connectivity index (χ4n) is 2.88. The molecule has 0 saturated carbocycles. The van der Waals surface area contributed by atoms with Gasteiger partial charge in [0.1, 0.15) is 5.82 Å². The summed E-state index contributed by atoms with van der Waals surface area (Å²) in [6.07, 6.45) is 0. The van der Waals surface area contributed by atoms with E-state index in [-0.39, 0.29) is 17.0 Å². The Bertz CT molecular complexity index is 1150. The molecule has 0 aliphatic rings. The second kappa shape index (κ2) is 9.38. The summed E-state index contributed by atoms with van der Waals surface area (Å²) in [5, 5.41) is 3.07. The quantitative estimate of drug-likeness (QED) is 0.576. The van der Waals surface area contributed by atoms with E-state index in [1.807, 2.05) is 13.0 Å². The summed E-state index contributed by atoms with van der Waals surface area (Å²) in [5.41, 5.74) is 1.66. The largest absolute Gasteiger partial charge is 0.325 e. The Morgan fingerprint density at radius 2 is 1.73 bits per heavy atom. The zero-order valence-electron chi connectivity index (χ0n) is 16.2. The number of benzene rings is 3. The maximum Gasteiger partial charge on any atom is 0.243 e. The van der Waals surface area contributed by atoms with E-state index in [1.54, 1.807) is 24.3 Å². The normalized spacial score (nSPS) is 11.5. The number of amides is 1. The maximum absolute atomic E-state index is 14.2. The maximum atomic E-state index is 14.2. The molecule has 8 heteroatoms. The molecule has 3 aromatic rings. The number of hydrogen-bond acceptors (Lipinski definition) is 3. The van der Waals surface area contributed by atoms with Gasteiger partial charge in [0.05, 0.1) is 11.4 Å². The molecule has 0 aromatic heterocycles. The van der Waals surface area contributed by atoms with Crippen LogP contribution in [0, 0.1) is 12.7 Å². The van der Waals surface area contributed by atoms with Crippen molar-refractivity contribution in [1.82, 2.24) is 4.31 Å². The average molecular weight is 447 g/mol. The van der Waals surface area contributed by atoms with Crippen molar-refractivity contribution in [1.29, 1.82) is 0 Å². The van der Waals surface area contributed by atoms with Crippen LogP contribution < -0.4 is 5.32 Å². The summed E-state index contributed by atoms with van der Waals surface area (Å²) < 4.78 is 41.5. The Morgan fingerprint density at radius 3 is 2.40 bits per heavy atom. The first-order valence-electron chi connectivity index (χ1n) is 9.11. The Morgan fingerprint density at radius 1 is 1.03 bits per heavy atom. The molecule has 0 aliphatic heterocycles. The smallest absolute Gasteiger partial charge is 0.243 e. The molecule has 3 aromatic carbocycles. The highest BCUT2D eigenvalue weighted by Gasteiger charge is 2.27. The second-order valence-corrected chi connectivity index (χ2v) is 9.11. The van der Waals surface area contributed by atoms with Crippen molar-refractivity contribution in [2.45, 2.75) is 18.4 Å². The van der Waals surface area contributed by atoms with Crippen LogP contribution in [-0.4, -0.2) is 25.2 Å². The van der Waals surface area contributed by atoms with Crippen molar-refractivity contribution in [2.24, 2.45) is 0 Å². The molecule has 0 heterocycles.